The lowest BCUT2D eigenvalue weighted by molar-refractivity contribution is 0.360. The molecule has 3 heterocycles. The van der Waals surface area contributed by atoms with E-state index in [0.717, 1.165) is 44.8 Å². The van der Waals surface area contributed by atoms with Crippen molar-refractivity contribution in [1.82, 2.24) is 20.1 Å². The number of fused-ring (bicyclic) bond motifs is 1. The van der Waals surface area contributed by atoms with Gasteiger partial charge in [-0.3, -0.25) is 0 Å². The number of halogens is 1. The molecule has 1 atom stereocenters. The Morgan fingerprint density at radius 1 is 1.00 bits per heavy atom. The van der Waals surface area contributed by atoms with Crippen LogP contribution in [0, 0.1) is 11.8 Å². The van der Waals surface area contributed by atoms with Crippen molar-refractivity contribution in [1.29, 1.82) is 0 Å². The number of nitrogens with zero attached hydrogens (tertiary/aromatic N) is 3. The van der Waals surface area contributed by atoms with Crippen LogP contribution in [0.5, 0.6) is 0 Å². The highest BCUT2D eigenvalue weighted by atomic mass is 35.5. The van der Waals surface area contributed by atoms with Gasteiger partial charge in [0.05, 0.1) is 0 Å². The summed E-state index contributed by atoms with van der Waals surface area (Å²) in [4.78, 5) is 0. The molecule has 1 fully saturated rings. The number of rotatable bonds is 4. The highest BCUT2D eigenvalue weighted by Gasteiger charge is 2.27. The second kappa shape index (κ2) is 7.45. The van der Waals surface area contributed by atoms with E-state index in [9.17, 15) is 0 Å². The first-order valence-electron chi connectivity index (χ1n) is 8.54. The molecule has 0 radical (unpaired) electrons. The Bertz CT molecular complexity index is 619. The smallest absolute Gasteiger partial charge is 0.133 e. The fourth-order valence-corrected chi connectivity index (χ4v) is 3.89. The summed E-state index contributed by atoms with van der Waals surface area (Å²) in [7, 11) is 0. The molecule has 0 bridgehead atoms. The van der Waals surface area contributed by atoms with E-state index in [1.165, 1.54) is 30.1 Å². The third kappa shape index (κ3) is 3.75. The number of hydrogen-bond acceptors (Lipinski definition) is 3. The highest BCUT2D eigenvalue weighted by Crippen LogP contribution is 2.26. The molecule has 124 valence electrons. The SMILES string of the molecule is Cl.c1ccc(CC2Cc3nnc(CC4CCNCC4)n3C2)cc1. The quantitative estimate of drug-likeness (QED) is 0.936. The van der Waals surface area contributed by atoms with Crippen molar-refractivity contribution < 1.29 is 0 Å². The lowest BCUT2D eigenvalue weighted by Gasteiger charge is -2.22. The standard InChI is InChI=1S/C18H24N4.ClH/c1-2-4-14(5-3-1)10-16-12-18-21-20-17(22(18)13-16)11-15-6-8-19-9-7-15;/h1-5,15-16,19H,6-13H2;1H. The predicted octanol–water partition coefficient (Wildman–Crippen LogP) is 2.66. The number of aromatic nitrogens is 3. The van der Waals surface area contributed by atoms with Gasteiger partial charge in [-0.25, -0.2) is 0 Å². The van der Waals surface area contributed by atoms with E-state index >= 15 is 0 Å². The predicted molar refractivity (Wildman–Crippen MR) is 93.9 cm³/mol. The Morgan fingerprint density at radius 3 is 2.57 bits per heavy atom. The maximum Gasteiger partial charge on any atom is 0.133 e. The molecule has 1 aromatic carbocycles. The van der Waals surface area contributed by atoms with Crippen LogP contribution in [-0.4, -0.2) is 27.9 Å². The topological polar surface area (TPSA) is 42.7 Å². The Morgan fingerprint density at radius 2 is 1.78 bits per heavy atom. The molecule has 2 aliphatic heterocycles. The summed E-state index contributed by atoms with van der Waals surface area (Å²) in [5.74, 6) is 3.88. The van der Waals surface area contributed by atoms with Gasteiger partial charge in [0.2, 0.25) is 0 Å². The zero-order valence-electron chi connectivity index (χ0n) is 13.4. The van der Waals surface area contributed by atoms with Gasteiger partial charge >= 0.3 is 0 Å². The molecule has 1 aromatic heterocycles. The van der Waals surface area contributed by atoms with Crippen LogP contribution >= 0.6 is 12.4 Å². The average Bonchev–Trinajstić information content (AvgIpc) is 3.11. The third-order valence-corrected chi connectivity index (χ3v) is 5.11. The molecule has 2 aromatic rings. The van der Waals surface area contributed by atoms with Crippen molar-refractivity contribution in [2.24, 2.45) is 11.8 Å². The van der Waals surface area contributed by atoms with Gasteiger partial charge in [0.15, 0.2) is 0 Å². The fraction of sp³-hybridized carbons (Fsp3) is 0.556. The zero-order valence-corrected chi connectivity index (χ0v) is 14.3. The summed E-state index contributed by atoms with van der Waals surface area (Å²) in [6.07, 6.45) is 5.88. The summed E-state index contributed by atoms with van der Waals surface area (Å²) in [5, 5.41) is 12.4. The minimum atomic E-state index is 0. The van der Waals surface area contributed by atoms with E-state index in [1.54, 1.807) is 0 Å². The second-order valence-corrected chi connectivity index (χ2v) is 6.80. The number of hydrogen-bond donors (Lipinski definition) is 1. The van der Waals surface area contributed by atoms with Gasteiger partial charge in [-0.1, -0.05) is 30.3 Å². The van der Waals surface area contributed by atoms with Gasteiger partial charge in [-0.15, -0.1) is 22.6 Å². The number of benzene rings is 1. The molecule has 0 saturated carbocycles. The maximum atomic E-state index is 4.47. The van der Waals surface area contributed by atoms with Crippen LogP contribution in [-0.2, 0) is 25.8 Å². The van der Waals surface area contributed by atoms with Crippen LogP contribution in [0.1, 0.15) is 30.1 Å². The van der Waals surface area contributed by atoms with Crippen molar-refractivity contribution in [3.8, 4) is 0 Å². The van der Waals surface area contributed by atoms with Gasteiger partial charge in [0, 0.05) is 19.4 Å². The highest BCUT2D eigenvalue weighted by molar-refractivity contribution is 5.85. The first-order chi connectivity index (χ1) is 10.9. The van der Waals surface area contributed by atoms with E-state index < -0.39 is 0 Å². The number of nitrogens with one attached hydrogen (secondary N) is 1. The van der Waals surface area contributed by atoms with Crippen LogP contribution in [0.25, 0.3) is 0 Å². The molecule has 1 saturated heterocycles. The van der Waals surface area contributed by atoms with E-state index in [2.05, 4.69) is 50.4 Å². The van der Waals surface area contributed by atoms with Gasteiger partial charge in [-0.2, -0.15) is 0 Å². The van der Waals surface area contributed by atoms with E-state index in [4.69, 9.17) is 0 Å². The molecule has 4 rings (SSSR count). The Labute approximate surface area is 144 Å². The van der Waals surface area contributed by atoms with Crippen molar-refractivity contribution >= 4 is 12.4 Å². The normalized spacial score (nSPS) is 21.0. The van der Waals surface area contributed by atoms with E-state index in [-0.39, 0.29) is 12.4 Å². The van der Waals surface area contributed by atoms with Crippen molar-refractivity contribution in [3.05, 3.63) is 47.5 Å². The molecule has 5 heteroatoms. The lowest BCUT2D eigenvalue weighted by Crippen LogP contribution is -2.29. The summed E-state index contributed by atoms with van der Waals surface area (Å²) < 4.78 is 2.40. The molecule has 0 spiro atoms. The molecule has 0 amide bonds. The Balaban J connectivity index is 0.00000156. The summed E-state index contributed by atoms with van der Waals surface area (Å²) in [5.41, 5.74) is 1.44. The molecule has 1 unspecified atom stereocenters. The molecule has 1 N–H and O–H groups in total. The second-order valence-electron chi connectivity index (χ2n) is 6.80. The van der Waals surface area contributed by atoms with Gasteiger partial charge in [-0.05, 0) is 49.8 Å². The van der Waals surface area contributed by atoms with Crippen LogP contribution < -0.4 is 5.32 Å². The Hall–Kier alpha value is -1.39. The van der Waals surface area contributed by atoms with Gasteiger partial charge in [0.1, 0.15) is 11.6 Å². The monoisotopic (exact) mass is 332 g/mol. The lowest BCUT2D eigenvalue weighted by atomic mass is 9.94. The molecular weight excluding hydrogens is 308 g/mol. The van der Waals surface area contributed by atoms with Crippen molar-refractivity contribution in [2.45, 2.75) is 38.6 Å². The summed E-state index contributed by atoms with van der Waals surface area (Å²) in [6, 6.07) is 10.8. The maximum absolute atomic E-state index is 4.47. The van der Waals surface area contributed by atoms with Crippen molar-refractivity contribution in [3.63, 3.8) is 0 Å². The minimum Gasteiger partial charge on any atom is -0.317 e. The van der Waals surface area contributed by atoms with Crippen LogP contribution in [0.2, 0.25) is 0 Å². The molecule has 0 aliphatic carbocycles. The minimum absolute atomic E-state index is 0. The first-order valence-corrected chi connectivity index (χ1v) is 8.54. The van der Waals surface area contributed by atoms with Crippen molar-refractivity contribution in [2.75, 3.05) is 13.1 Å². The van der Waals surface area contributed by atoms with Crippen LogP contribution in [0.4, 0.5) is 0 Å². The fourth-order valence-electron chi connectivity index (χ4n) is 3.89. The molecular formula is C18H25ClN4. The third-order valence-electron chi connectivity index (χ3n) is 5.11. The molecule has 2 aliphatic rings. The van der Waals surface area contributed by atoms with Crippen LogP contribution in [0.15, 0.2) is 30.3 Å². The number of piperidine rings is 1. The van der Waals surface area contributed by atoms with E-state index in [0.29, 0.717) is 5.92 Å². The zero-order chi connectivity index (χ0) is 14.8. The van der Waals surface area contributed by atoms with Gasteiger partial charge in [0.25, 0.3) is 0 Å². The average molecular weight is 333 g/mol. The largest absolute Gasteiger partial charge is 0.317 e. The molecule has 4 nitrogen and oxygen atoms in total. The summed E-state index contributed by atoms with van der Waals surface area (Å²) >= 11 is 0. The van der Waals surface area contributed by atoms with Gasteiger partial charge < -0.3 is 9.88 Å². The Kier molecular flexibility index (Phi) is 5.34. The first kappa shape index (κ1) is 16.5. The molecule has 23 heavy (non-hydrogen) atoms. The summed E-state index contributed by atoms with van der Waals surface area (Å²) in [6.45, 7) is 3.40. The van der Waals surface area contributed by atoms with E-state index in [1.807, 2.05) is 0 Å². The van der Waals surface area contributed by atoms with Crippen LogP contribution in [0.3, 0.4) is 0 Å².